The summed E-state index contributed by atoms with van der Waals surface area (Å²) >= 11 is 0. The lowest BCUT2D eigenvalue weighted by Gasteiger charge is -1.98. The van der Waals surface area contributed by atoms with Crippen LogP contribution in [0.15, 0.2) is 12.7 Å². The van der Waals surface area contributed by atoms with Gasteiger partial charge in [-0.25, -0.2) is 5.48 Å². The van der Waals surface area contributed by atoms with Crippen molar-refractivity contribution >= 4 is 11.7 Å². The lowest BCUT2D eigenvalue weighted by Crippen LogP contribution is -2.23. The summed E-state index contributed by atoms with van der Waals surface area (Å²) in [5.74, 6) is -0.606. The molecule has 0 atom stereocenters. The first-order valence-electron chi connectivity index (χ1n) is 3.70. The fourth-order valence-electron chi connectivity index (χ4n) is 0.251. The Morgan fingerprint density at radius 2 is 2.00 bits per heavy atom. The average Bonchev–Trinajstić information content (AvgIpc) is 2.07. The van der Waals surface area contributed by atoms with Crippen LogP contribution in [0.2, 0.25) is 0 Å². The number of ketones is 1. The predicted octanol–water partition coefficient (Wildman–Crippen LogP) is 0.835. The molecule has 4 nitrogen and oxygen atoms in total. The Morgan fingerprint density at radius 1 is 1.50 bits per heavy atom. The van der Waals surface area contributed by atoms with Crippen molar-refractivity contribution in [2.45, 2.75) is 20.8 Å². The molecular formula is C8H15NO3. The summed E-state index contributed by atoms with van der Waals surface area (Å²) in [5.41, 5.74) is 1.99. The molecule has 0 aromatic carbocycles. The highest BCUT2D eigenvalue weighted by Crippen LogP contribution is 1.71. The van der Waals surface area contributed by atoms with Crippen LogP contribution in [0.25, 0.3) is 0 Å². The molecule has 0 aromatic rings. The molecule has 1 amide bonds. The van der Waals surface area contributed by atoms with E-state index in [2.05, 4.69) is 11.4 Å². The maximum Gasteiger partial charge on any atom is 0.266 e. The molecule has 0 spiro atoms. The van der Waals surface area contributed by atoms with Crippen LogP contribution >= 0.6 is 0 Å². The van der Waals surface area contributed by atoms with Crippen LogP contribution in [0.3, 0.4) is 0 Å². The number of hydroxylamine groups is 1. The normalized spacial score (nSPS) is 7.58. The third kappa shape index (κ3) is 11.6. The number of amides is 1. The van der Waals surface area contributed by atoms with Crippen LogP contribution in [0, 0.1) is 0 Å². The van der Waals surface area contributed by atoms with Gasteiger partial charge in [0.15, 0.2) is 5.78 Å². The van der Waals surface area contributed by atoms with Crippen molar-refractivity contribution in [1.82, 2.24) is 5.48 Å². The first-order valence-corrected chi connectivity index (χ1v) is 3.70. The molecule has 0 aliphatic heterocycles. The largest absolute Gasteiger partial charge is 0.297 e. The summed E-state index contributed by atoms with van der Waals surface area (Å²) in [7, 11) is 0. The molecule has 0 aromatic heterocycles. The van der Waals surface area contributed by atoms with Gasteiger partial charge in [0.1, 0.15) is 6.61 Å². The van der Waals surface area contributed by atoms with Crippen molar-refractivity contribution < 1.29 is 14.4 Å². The van der Waals surface area contributed by atoms with Gasteiger partial charge in [-0.15, -0.1) is 0 Å². The van der Waals surface area contributed by atoms with Crippen LogP contribution in [-0.4, -0.2) is 18.3 Å². The molecule has 0 bridgehead atoms. The number of rotatable bonds is 4. The van der Waals surface area contributed by atoms with Gasteiger partial charge in [-0.05, 0) is 13.0 Å². The number of hydrogen-bond acceptors (Lipinski definition) is 3. The topological polar surface area (TPSA) is 55.4 Å². The molecular weight excluding hydrogens is 158 g/mol. The zero-order chi connectivity index (χ0) is 9.98. The monoisotopic (exact) mass is 173 g/mol. The van der Waals surface area contributed by atoms with Crippen molar-refractivity contribution in [2.24, 2.45) is 0 Å². The fraction of sp³-hybridized carbons (Fsp3) is 0.500. The molecule has 1 N–H and O–H groups in total. The van der Waals surface area contributed by atoms with E-state index in [4.69, 9.17) is 0 Å². The second-order valence-corrected chi connectivity index (χ2v) is 1.66. The molecule has 0 fully saturated rings. The summed E-state index contributed by atoms with van der Waals surface area (Å²) in [5, 5.41) is 0. The molecule has 0 heterocycles. The van der Waals surface area contributed by atoms with Crippen molar-refractivity contribution in [3.63, 3.8) is 0 Å². The second kappa shape index (κ2) is 9.84. The van der Waals surface area contributed by atoms with E-state index in [0.29, 0.717) is 0 Å². The Balaban J connectivity index is 0. The molecule has 4 heteroatoms. The van der Waals surface area contributed by atoms with E-state index in [1.807, 2.05) is 19.3 Å². The van der Waals surface area contributed by atoms with Crippen LogP contribution in [-0.2, 0) is 14.4 Å². The van der Waals surface area contributed by atoms with E-state index in [9.17, 15) is 9.59 Å². The molecule has 0 aliphatic rings. The highest BCUT2D eigenvalue weighted by atomic mass is 16.7. The van der Waals surface area contributed by atoms with Gasteiger partial charge in [-0.2, -0.15) is 0 Å². The molecule has 0 saturated carbocycles. The van der Waals surface area contributed by atoms with E-state index < -0.39 is 5.91 Å². The molecule has 12 heavy (non-hydrogen) atoms. The van der Waals surface area contributed by atoms with Crippen molar-refractivity contribution in [3.8, 4) is 0 Å². The molecule has 0 radical (unpaired) electrons. The summed E-state index contributed by atoms with van der Waals surface area (Å²) in [6.45, 7) is 8.43. The third-order valence-electron chi connectivity index (χ3n) is 0.634. The van der Waals surface area contributed by atoms with Crippen LogP contribution in [0.5, 0.6) is 0 Å². The van der Waals surface area contributed by atoms with Gasteiger partial charge < -0.3 is 0 Å². The Bertz CT molecular complexity index is 154. The van der Waals surface area contributed by atoms with Crippen molar-refractivity contribution in [1.29, 1.82) is 0 Å². The summed E-state index contributed by atoms with van der Waals surface area (Å²) in [6, 6.07) is 0. The molecule has 0 unspecified atom stereocenters. The quantitative estimate of drug-likeness (QED) is 0.506. The number of Topliss-reactive ketones (excluding diaryl/α,β-unsaturated/α-hetero) is 1. The summed E-state index contributed by atoms with van der Waals surface area (Å²) in [4.78, 5) is 25.0. The molecule has 0 saturated heterocycles. The predicted molar refractivity (Wildman–Crippen MR) is 46.3 cm³/mol. The fourth-order valence-corrected chi connectivity index (χ4v) is 0.251. The zero-order valence-corrected chi connectivity index (χ0v) is 7.72. The highest BCUT2D eigenvalue weighted by Gasteiger charge is 1.94. The van der Waals surface area contributed by atoms with Crippen molar-refractivity contribution in [3.05, 3.63) is 12.7 Å². The molecule has 70 valence electrons. The summed E-state index contributed by atoms with van der Waals surface area (Å²) in [6.07, 6.45) is 1.06. The van der Waals surface area contributed by atoms with E-state index in [0.717, 1.165) is 6.08 Å². The minimum atomic E-state index is -0.457. The minimum Gasteiger partial charge on any atom is -0.297 e. The van der Waals surface area contributed by atoms with E-state index in [1.165, 1.54) is 6.92 Å². The van der Waals surface area contributed by atoms with Gasteiger partial charge in [0.05, 0.1) is 0 Å². The molecule has 0 aliphatic carbocycles. The highest BCUT2D eigenvalue weighted by molar-refractivity contribution is 5.86. The average molecular weight is 173 g/mol. The first kappa shape index (κ1) is 13.4. The standard InChI is InChI=1S/C6H9NO3.C2H6/c1-3-6(9)7-10-4-5(2)8;1-2/h3H,1,4H2,2H3,(H,7,9);1-2H3. The van der Waals surface area contributed by atoms with Crippen molar-refractivity contribution in [2.75, 3.05) is 6.61 Å². The van der Waals surface area contributed by atoms with E-state index in [1.54, 1.807) is 0 Å². The first-order chi connectivity index (χ1) is 5.66. The van der Waals surface area contributed by atoms with Crippen LogP contribution in [0.1, 0.15) is 20.8 Å². The van der Waals surface area contributed by atoms with Gasteiger partial charge in [0.25, 0.3) is 5.91 Å². The maximum absolute atomic E-state index is 10.3. The molecule has 0 rings (SSSR count). The Labute approximate surface area is 72.6 Å². The van der Waals surface area contributed by atoms with Crippen LogP contribution < -0.4 is 5.48 Å². The number of carbonyl (C=O) groups is 2. The van der Waals surface area contributed by atoms with Gasteiger partial charge in [-0.1, -0.05) is 20.4 Å². The Morgan fingerprint density at radius 3 is 2.33 bits per heavy atom. The third-order valence-corrected chi connectivity index (χ3v) is 0.634. The second-order valence-electron chi connectivity index (χ2n) is 1.66. The number of nitrogens with one attached hydrogen (secondary N) is 1. The maximum atomic E-state index is 10.3. The van der Waals surface area contributed by atoms with E-state index in [-0.39, 0.29) is 12.4 Å². The lowest BCUT2D eigenvalue weighted by atomic mass is 10.5. The van der Waals surface area contributed by atoms with Gasteiger partial charge in [0.2, 0.25) is 0 Å². The summed E-state index contributed by atoms with van der Waals surface area (Å²) < 4.78 is 0. The van der Waals surface area contributed by atoms with E-state index >= 15 is 0 Å². The SMILES string of the molecule is C=CC(=O)NOCC(C)=O.CC. The van der Waals surface area contributed by atoms with Crippen LogP contribution in [0.4, 0.5) is 0 Å². The van der Waals surface area contributed by atoms with Gasteiger partial charge in [-0.3, -0.25) is 14.4 Å². The van der Waals surface area contributed by atoms with Gasteiger partial charge in [0, 0.05) is 0 Å². The number of hydrogen-bond donors (Lipinski definition) is 1. The smallest absolute Gasteiger partial charge is 0.266 e. The zero-order valence-electron chi connectivity index (χ0n) is 7.72. The Hall–Kier alpha value is -1.16. The minimum absolute atomic E-state index is 0.112. The Kier molecular flexibility index (Phi) is 11.0. The van der Waals surface area contributed by atoms with Gasteiger partial charge >= 0.3 is 0 Å². The number of carbonyl (C=O) groups excluding carboxylic acids is 2. The lowest BCUT2D eigenvalue weighted by molar-refractivity contribution is -0.133.